The summed E-state index contributed by atoms with van der Waals surface area (Å²) in [6.07, 6.45) is 3.06. The van der Waals surface area contributed by atoms with Gasteiger partial charge < -0.3 is 19.5 Å². The second-order valence-corrected chi connectivity index (χ2v) is 7.83. The van der Waals surface area contributed by atoms with Crippen molar-refractivity contribution in [2.45, 2.75) is 6.92 Å². The number of carbonyl (C=O) groups excluding carboxylic acids is 2. The first-order chi connectivity index (χ1) is 15.5. The van der Waals surface area contributed by atoms with Crippen LogP contribution in [0.4, 0.5) is 5.00 Å². The molecule has 0 saturated carbocycles. The van der Waals surface area contributed by atoms with E-state index in [2.05, 4.69) is 5.32 Å². The third kappa shape index (κ3) is 5.49. The highest BCUT2D eigenvalue weighted by Crippen LogP contribution is 2.39. The maximum Gasteiger partial charge on any atom is 0.341 e. The Bertz CT molecular complexity index is 1140. The van der Waals surface area contributed by atoms with Crippen LogP contribution in [0.15, 0.2) is 53.9 Å². The third-order valence-corrected chi connectivity index (χ3v) is 5.65. The average Bonchev–Trinajstić information content (AvgIpc) is 3.21. The van der Waals surface area contributed by atoms with Crippen molar-refractivity contribution in [2.75, 3.05) is 26.1 Å². The minimum Gasteiger partial charge on any atom is -0.493 e. The number of anilines is 1. The molecule has 6 nitrogen and oxygen atoms in total. The molecule has 0 unspecified atom stereocenters. The Morgan fingerprint density at radius 2 is 1.78 bits per heavy atom. The predicted octanol–water partition coefficient (Wildman–Crippen LogP) is 5.91. The lowest BCUT2D eigenvalue weighted by Crippen LogP contribution is -2.12. The van der Waals surface area contributed by atoms with E-state index in [-0.39, 0.29) is 18.1 Å². The van der Waals surface area contributed by atoms with E-state index in [1.807, 2.05) is 6.07 Å². The summed E-state index contributed by atoms with van der Waals surface area (Å²) < 4.78 is 15.9. The minimum atomic E-state index is -0.518. The maximum absolute atomic E-state index is 12.7. The first-order valence-corrected chi connectivity index (χ1v) is 11.0. The molecule has 0 aliphatic rings. The van der Waals surface area contributed by atoms with E-state index in [0.29, 0.717) is 27.1 Å². The fraction of sp³-hybridized carbons (Fsp3) is 0.167. The van der Waals surface area contributed by atoms with Gasteiger partial charge in [0.15, 0.2) is 11.5 Å². The van der Waals surface area contributed by atoms with Crippen molar-refractivity contribution >= 4 is 45.9 Å². The Morgan fingerprint density at radius 3 is 2.44 bits per heavy atom. The van der Waals surface area contributed by atoms with Crippen molar-refractivity contribution in [3.63, 3.8) is 0 Å². The number of esters is 1. The van der Waals surface area contributed by atoms with Crippen LogP contribution in [0.3, 0.4) is 0 Å². The smallest absolute Gasteiger partial charge is 0.341 e. The molecule has 1 aromatic heterocycles. The average molecular weight is 472 g/mol. The van der Waals surface area contributed by atoms with E-state index in [4.69, 9.17) is 25.8 Å². The summed E-state index contributed by atoms with van der Waals surface area (Å²) in [6, 6.07) is 12.4. The van der Waals surface area contributed by atoms with Crippen LogP contribution in [-0.4, -0.2) is 32.7 Å². The lowest BCUT2D eigenvalue weighted by molar-refractivity contribution is -0.111. The van der Waals surface area contributed by atoms with Gasteiger partial charge in [0.2, 0.25) is 5.91 Å². The maximum atomic E-state index is 12.7. The van der Waals surface area contributed by atoms with Gasteiger partial charge in [-0.1, -0.05) is 29.8 Å². The van der Waals surface area contributed by atoms with Gasteiger partial charge in [0.25, 0.3) is 0 Å². The molecule has 0 spiro atoms. The van der Waals surface area contributed by atoms with Crippen LogP contribution in [0, 0.1) is 0 Å². The van der Waals surface area contributed by atoms with Gasteiger partial charge in [0, 0.05) is 22.0 Å². The Morgan fingerprint density at radius 1 is 1.06 bits per heavy atom. The number of halogens is 1. The lowest BCUT2D eigenvalue weighted by atomic mass is 10.0. The van der Waals surface area contributed by atoms with Crippen LogP contribution in [0.2, 0.25) is 5.02 Å². The van der Waals surface area contributed by atoms with Gasteiger partial charge >= 0.3 is 5.97 Å². The van der Waals surface area contributed by atoms with Gasteiger partial charge in [-0.25, -0.2) is 4.79 Å². The lowest BCUT2D eigenvalue weighted by Gasteiger charge is -2.11. The molecule has 166 valence electrons. The molecule has 0 bridgehead atoms. The highest BCUT2D eigenvalue weighted by Gasteiger charge is 2.23. The minimum absolute atomic E-state index is 0.212. The summed E-state index contributed by atoms with van der Waals surface area (Å²) >= 11 is 7.13. The SMILES string of the molecule is CCOC(=O)c1c(-c2ccc(OC)c(OC)c2)csc1NC(=O)/C=C/c1ccc(Cl)cc1. The van der Waals surface area contributed by atoms with Crippen molar-refractivity contribution in [3.05, 3.63) is 70.1 Å². The van der Waals surface area contributed by atoms with Gasteiger partial charge in [0.1, 0.15) is 10.6 Å². The second-order valence-electron chi connectivity index (χ2n) is 6.52. The van der Waals surface area contributed by atoms with Crippen LogP contribution >= 0.6 is 22.9 Å². The molecule has 0 fully saturated rings. The predicted molar refractivity (Wildman–Crippen MR) is 128 cm³/mol. The van der Waals surface area contributed by atoms with Crippen LogP contribution < -0.4 is 14.8 Å². The van der Waals surface area contributed by atoms with Gasteiger partial charge in [-0.3, -0.25) is 4.79 Å². The molecule has 0 atom stereocenters. The zero-order chi connectivity index (χ0) is 23.1. The van der Waals surface area contributed by atoms with E-state index in [9.17, 15) is 9.59 Å². The standard InChI is InChI=1S/C24H22ClNO5S/c1-4-31-24(28)22-18(16-8-11-19(29-2)20(13-16)30-3)14-32-23(22)26-21(27)12-7-15-5-9-17(25)10-6-15/h5-14H,4H2,1-3H3,(H,26,27)/b12-7+. The number of methoxy groups -OCH3 is 2. The molecule has 0 saturated heterocycles. The molecule has 3 rings (SSSR count). The molecule has 1 heterocycles. The normalized spacial score (nSPS) is 10.8. The topological polar surface area (TPSA) is 73.9 Å². The number of thiophene rings is 1. The quantitative estimate of drug-likeness (QED) is 0.326. The summed E-state index contributed by atoms with van der Waals surface area (Å²) in [5.74, 6) is 0.217. The molecule has 0 aliphatic heterocycles. The van der Waals surface area contributed by atoms with Crippen molar-refractivity contribution in [1.82, 2.24) is 0 Å². The van der Waals surface area contributed by atoms with Gasteiger partial charge in [-0.05, 0) is 48.4 Å². The van der Waals surface area contributed by atoms with E-state index in [0.717, 1.165) is 11.1 Å². The first-order valence-electron chi connectivity index (χ1n) is 9.72. The van der Waals surface area contributed by atoms with Crippen LogP contribution in [0.1, 0.15) is 22.8 Å². The summed E-state index contributed by atoms with van der Waals surface area (Å²) in [6.45, 7) is 1.94. The van der Waals surface area contributed by atoms with Crippen LogP contribution in [-0.2, 0) is 9.53 Å². The molecule has 1 amide bonds. The number of hydrogen-bond donors (Lipinski definition) is 1. The van der Waals surface area contributed by atoms with E-state index in [1.54, 1.807) is 69.0 Å². The largest absolute Gasteiger partial charge is 0.493 e. The van der Waals surface area contributed by atoms with Crippen molar-refractivity contribution in [3.8, 4) is 22.6 Å². The molecule has 0 radical (unpaired) electrons. The fourth-order valence-corrected chi connectivity index (χ4v) is 4.06. The Hall–Kier alpha value is -3.29. The van der Waals surface area contributed by atoms with Crippen molar-refractivity contribution < 1.29 is 23.8 Å². The Kier molecular flexibility index (Phi) is 7.92. The van der Waals surface area contributed by atoms with Crippen molar-refractivity contribution in [1.29, 1.82) is 0 Å². The van der Waals surface area contributed by atoms with Gasteiger partial charge in [-0.2, -0.15) is 0 Å². The number of hydrogen-bond acceptors (Lipinski definition) is 6. The number of ether oxygens (including phenoxy) is 3. The molecule has 0 aliphatic carbocycles. The number of benzene rings is 2. The summed E-state index contributed by atoms with van der Waals surface area (Å²) in [7, 11) is 3.09. The van der Waals surface area contributed by atoms with Crippen LogP contribution in [0.25, 0.3) is 17.2 Å². The molecule has 8 heteroatoms. The molecule has 1 N–H and O–H groups in total. The Balaban J connectivity index is 1.91. The van der Waals surface area contributed by atoms with Crippen molar-refractivity contribution in [2.24, 2.45) is 0 Å². The summed E-state index contributed by atoms with van der Waals surface area (Å²) in [5.41, 5.74) is 2.48. The monoisotopic (exact) mass is 471 g/mol. The number of nitrogens with one attached hydrogen (secondary N) is 1. The van der Waals surface area contributed by atoms with E-state index < -0.39 is 5.97 Å². The molecular formula is C24H22ClNO5S. The van der Waals surface area contributed by atoms with E-state index in [1.165, 1.54) is 17.4 Å². The molecular weight excluding hydrogens is 450 g/mol. The van der Waals surface area contributed by atoms with Gasteiger partial charge in [0.05, 0.1) is 20.8 Å². The highest BCUT2D eigenvalue weighted by molar-refractivity contribution is 7.15. The Labute approximate surface area is 195 Å². The number of carbonyl (C=O) groups is 2. The first kappa shape index (κ1) is 23.4. The number of rotatable bonds is 8. The second kappa shape index (κ2) is 10.8. The van der Waals surface area contributed by atoms with Gasteiger partial charge in [-0.15, -0.1) is 11.3 Å². The summed E-state index contributed by atoms with van der Waals surface area (Å²) in [5, 5.41) is 5.60. The fourth-order valence-electron chi connectivity index (χ4n) is 2.97. The zero-order valence-electron chi connectivity index (χ0n) is 17.8. The van der Waals surface area contributed by atoms with E-state index >= 15 is 0 Å². The highest BCUT2D eigenvalue weighted by atomic mass is 35.5. The summed E-state index contributed by atoms with van der Waals surface area (Å²) in [4.78, 5) is 25.2. The molecule has 2 aromatic carbocycles. The number of amides is 1. The zero-order valence-corrected chi connectivity index (χ0v) is 19.4. The third-order valence-electron chi connectivity index (χ3n) is 4.50. The molecule has 32 heavy (non-hydrogen) atoms. The van der Waals surface area contributed by atoms with Crippen LogP contribution in [0.5, 0.6) is 11.5 Å². The molecule has 3 aromatic rings.